The van der Waals surface area contributed by atoms with Crippen molar-refractivity contribution < 1.29 is 4.92 Å². The van der Waals surface area contributed by atoms with Crippen molar-refractivity contribution in [3.8, 4) is 6.07 Å². The molecule has 0 aliphatic carbocycles. The van der Waals surface area contributed by atoms with Gasteiger partial charge in [-0.1, -0.05) is 12.1 Å². The predicted octanol–water partition coefficient (Wildman–Crippen LogP) is 2.81. The van der Waals surface area contributed by atoms with Gasteiger partial charge in [0, 0.05) is 12.1 Å². The third-order valence-corrected chi connectivity index (χ3v) is 3.09. The average Bonchev–Trinajstić information content (AvgIpc) is 2.99. The monoisotopic (exact) mass is 306 g/mol. The molecule has 3 rings (SSSR count). The molecule has 8 nitrogen and oxygen atoms in total. The number of H-pyrrole nitrogens is 1. The molecule has 2 aromatic carbocycles. The standard InChI is InChI=1S/C15H10N6O2/c16-9-14(15-17-12-3-1-2-4-13(12)18-15)20-19-10-5-7-11(8-6-10)21(22)23/h1-8,19H,(H,17,18). The SMILES string of the molecule is N#CC(=NNc1ccc([N+](=O)[O-])cc1)c1nc2ccccc2[nH]1. The molecular formula is C15H10N6O2. The highest BCUT2D eigenvalue weighted by Crippen LogP contribution is 2.16. The molecule has 0 spiro atoms. The van der Waals surface area contributed by atoms with Gasteiger partial charge >= 0.3 is 0 Å². The second-order valence-electron chi connectivity index (χ2n) is 4.59. The summed E-state index contributed by atoms with van der Waals surface area (Å²) in [6.07, 6.45) is 0. The molecule has 1 aromatic heterocycles. The lowest BCUT2D eigenvalue weighted by Crippen LogP contribution is -2.04. The van der Waals surface area contributed by atoms with Gasteiger partial charge in [-0.05, 0) is 24.3 Å². The summed E-state index contributed by atoms with van der Waals surface area (Å²) in [5.74, 6) is 0.350. The zero-order chi connectivity index (χ0) is 16.2. The Kier molecular flexibility index (Phi) is 3.68. The summed E-state index contributed by atoms with van der Waals surface area (Å²) in [5.41, 5.74) is 4.82. The Morgan fingerprint density at radius 1 is 1.26 bits per heavy atom. The van der Waals surface area contributed by atoms with Gasteiger partial charge < -0.3 is 4.98 Å². The average molecular weight is 306 g/mol. The molecule has 0 aliphatic rings. The van der Waals surface area contributed by atoms with Crippen LogP contribution in [0.5, 0.6) is 0 Å². The summed E-state index contributed by atoms with van der Waals surface area (Å²) in [4.78, 5) is 17.4. The number of hydrazone groups is 1. The van der Waals surface area contributed by atoms with E-state index in [1.54, 1.807) is 0 Å². The third kappa shape index (κ3) is 2.98. The molecule has 1 heterocycles. The van der Waals surface area contributed by atoms with Gasteiger partial charge in [-0.25, -0.2) is 4.98 Å². The van der Waals surface area contributed by atoms with E-state index in [-0.39, 0.29) is 11.4 Å². The van der Waals surface area contributed by atoms with Crippen LogP contribution in [0.1, 0.15) is 5.82 Å². The summed E-state index contributed by atoms with van der Waals surface area (Å²) < 4.78 is 0. The second-order valence-corrected chi connectivity index (χ2v) is 4.59. The molecule has 0 aliphatic heterocycles. The number of aromatic nitrogens is 2. The lowest BCUT2D eigenvalue weighted by Gasteiger charge is -2.00. The zero-order valence-electron chi connectivity index (χ0n) is 11.7. The van der Waals surface area contributed by atoms with Crippen molar-refractivity contribution in [2.24, 2.45) is 5.10 Å². The van der Waals surface area contributed by atoms with Crippen molar-refractivity contribution >= 4 is 28.1 Å². The van der Waals surface area contributed by atoms with Crippen LogP contribution in [0.2, 0.25) is 0 Å². The number of hydrogen-bond donors (Lipinski definition) is 2. The third-order valence-electron chi connectivity index (χ3n) is 3.09. The van der Waals surface area contributed by atoms with E-state index in [0.717, 1.165) is 11.0 Å². The lowest BCUT2D eigenvalue weighted by atomic mass is 10.3. The number of para-hydroxylation sites is 2. The first kappa shape index (κ1) is 14.2. The number of imidazole rings is 1. The molecule has 0 saturated heterocycles. The van der Waals surface area contributed by atoms with E-state index in [9.17, 15) is 15.4 Å². The second kappa shape index (κ2) is 5.95. The van der Waals surface area contributed by atoms with Crippen molar-refractivity contribution in [2.75, 3.05) is 5.43 Å². The highest BCUT2D eigenvalue weighted by molar-refractivity contribution is 6.10. The molecule has 0 amide bonds. The highest BCUT2D eigenvalue weighted by atomic mass is 16.6. The number of aromatic amines is 1. The normalized spacial score (nSPS) is 11.2. The van der Waals surface area contributed by atoms with Gasteiger partial charge in [-0.2, -0.15) is 10.4 Å². The summed E-state index contributed by atoms with van der Waals surface area (Å²) in [7, 11) is 0. The fourth-order valence-corrected chi connectivity index (χ4v) is 1.97. The van der Waals surface area contributed by atoms with Gasteiger partial charge in [0.25, 0.3) is 5.69 Å². The minimum absolute atomic E-state index is 0.0164. The topological polar surface area (TPSA) is 120 Å². The van der Waals surface area contributed by atoms with Crippen molar-refractivity contribution in [1.29, 1.82) is 5.26 Å². The van der Waals surface area contributed by atoms with Gasteiger partial charge in [0.15, 0.2) is 5.82 Å². The van der Waals surface area contributed by atoms with E-state index in [4.69, 9.17) is 0 Å². The molecule has 3 aromatic rings. The predicted molar refractivity (Wildman–Crippen MR) is 85.0 cm³/mol. The lowest BCUT2D eigenvalue weighted by molar-refractivity contribution is -0.384. The fraction of sp³-hybridized carbons (Fsp3) is 0. The van der Waals surface area contributed by atoms with Gasteiger partial charge in [-0.3, -0.25) is 15.5 Å². The Morgan fingerprint density at radius 2 is 2.00 bits per heavy atom. The maximum absolute atomic E-state index is 10.6. The number of non-ortho nitro benzene ring substituents is 1. The van der Waals surface area contributed by atoms with Crippen molar-refractivity contribution in [3.05, 3.63) is 64.5 Å². The Balaban J connectivity index is 1.84. The summed E-state index contributed by atoms with van der Waals surface area (Å²) in [6, 6.07) is 15.1. The van der Waals surface area contributed by atoms with Crippen LogP contribution in [0, 0.1) is 21.4 Å². The molecule has 0 radical (unpaired) electrons. The number of nitriles is 1. The van der Waals surface area contributed by atoms with Crippen LogP contribution < -0.4 is 5.43 Å². The van der Waals surface area contributed by atoms with E-state index >= 15 is 0 Å². The number of nitrogens with one attached hydrogen (secondary N) is 2. The van der Waals surface area contributed by atoms with Gasteiger partial charge in [0.05, 0.1) is 21.6 Å². The first-order valence-corrected chi connectivity index (χ1v) is 6.61. The first-order valence-electron chi connectivity index (χ1n) is 6.61. The molecule has 8 heteroatoms. The smallest absolute Gasteiger partial charge is 0.269 e. The van der Waals surface area contributed by atoms with Crippen LogP contribution in [0.4, 0.5) is 11.4 Å². The number of nitrogens with zero attached hydrogens (tertiary/aromatic N) is 4. The molecule has 0 bridgehead atoms. The fourth-order valence-electron chi connectivity index (χ4n) is 1.97. The number of fused-ring (bicyclic) bond motifs is 1. The van der Waals surface area contributed by atoms with Crippen LogP contribution in [0.25, 0.3) is 11.0 Å². The Labute approximate surface area is 130 Å². The number of nitro benzene ring substituents is 1. The Morgan fingerprint density at radius 3 is 2.65 bits per heavy atom. The van der Waals surface area contributed by atoms with Crippen LogP contribution in [-0.4, -0.2) is 20.6 Å². The van der Waals surface area contributed by atoms with E-state index in [1.807, 2.05) is 30.3 Å². The van der Waals surface area contributed by atoms with E-state index in [0.29, 0.717) is 11.5 Å². The molecule has 112 valence electrons. The minimum atomic E-state index is -0.484. The Bertz CT molecular complexity index is 904. The van der Waals surface area contributed by atoms with Gasteiger partial charge in [-0.15, -0.1) is 0 Å². The first-order chi connectivity index (χ1) is 11.2. The molecule has 0 atom stereocenters. The summed E-state index contributed by atoms with van der Waals surface area (Å²) in [6.45, 7) is 0. The maximum atomic E-state index is 10.6. The molecule has 0 unspecified atom stereocenters. The largest absolute Gasteiger partial charge is 0.336 e. The highest BCUT2D eigenvalue weighted by Gasteiger charge is 2.09. The van der Waals surface area contributed by atoms with Crippen molar-refractivity contribution in [3.63, 3.8) is 0 Å². The number of anilines is 1. The van der Waals surface area contributed by atoms with E-state index < -0.39 is 4.92 Å². The van der Waals surface area contributed by atoms with E-state index in [2.05, 4.69) is 20.5 Å². The summed E-state index contributed by atoms with van der Waals surface area (Å²) in [5, 5.41) is 23.8. The maximum Gasteiger partial charge on any atom is 0.269 e. The molecule has 2 N–H and O–H groups in total. The minimum Gasteiger partial charge on any atom is -0.336 e. The van der Waals surface area contributed by atoms with Gasteiger partial charge in [0.1, 0.15) is 6.07 Å². The molecule has 0 saturated carbocycles. The number of hydrogen-bond acceptors (Lipinski definition) is 6. The van der Waals surface area contributed by atoms with Crippen molar-refractivity contribution in [2.45, 2.75) is 0 Å². The quantitative estimate of drug-likeness (QED) is 0.436. The van der Waals surface area contributed by atoms with Crippen molar-refractivity contribution in [1.82, 2.24) is 9.97 Å². The summed E-state index contributed by atoms with van der Waals surface area (Å²) >= 11 is 0. The van der Waals surface area contributed by atoms with Crippen LogP contribution in [-0.2, 0) is 0 Å². The number of rotatable bonds is 4. The number of nitro groups is 1. The van der Waals surface area contributed by atoms with E-state index in [1.165, 1.54) is 24.3 Å². The van der Waals surface area contributed by atoms with Crippen LogP contribution in [0.3, 0.4) is 0 Å². The van der Waals surface area contributed by atoms with Crippen LogP contribution >= 0.6 is 0 Å². The zero-order valence-corrected chi connectivity index (χ0v) is 11.7. The number of benzene rings is 2. The molecule has 23 heavy (non-hydrogen) atoms. The van der Waals surface area contributed by atoms with Gasteiger partial charge in [0.2, 0.25) is 5.71 Å². The van der Waals surface area contributed by atoms with Crippen LogP contribution in [0.15, 0.2) is 53.6 Å². The molecule has 0 fully saturated rings. The molecular weight excluding hydrogens is 296 g/mol. The Hall–Kier alpha value is -3.73.